The lowest BCUT2D eigenvalue weighted by atomic mass is 10.0. The van der Waals surface area contributed by atoms with E-state index in [1.165, 1.54) is 0 Å². The van der Waals surface area contributed by atoms with Gasteiger partial charge in [-0.05, 0) is 50.8 Å². The van der Waals surface area contributed by atoms with Crippen molar-refractivity contribution >= 4 is 0 Å². The average Bonchev–Trinajstić information content (AvgIpc) is 2.85. The predicted octanol–water partition coefficient (Wildman–Crippen LogP) is 3.19. The zero-order valence-electron chi connectivity index (χ0n) is 14.1. The van der Waals surface area contributed by atoms with Crippen LogP contribution in [0.4, 0.5) is 0 Å². The highest BCUT2D eigenvalue weighted by Gasteiger charge is 2.32. The van der Waals surface area contributed by atoms with Crippen LogP contribution in [-0.4, -0.2) is 39.8 Å². The van der Waals surface area contributed by atoms with Crippen molar-refractivity contribution in [3.05, 3.63) is 17.7 Å². The maximum Gasteiger partial charge on any atom is 0.203 e. The second kappa shape index (κ2) is 7.20. The molecule has 1 unspecified atom stereocenters. The molecule has 124 valence electrons. The summed E-state index contributed by atoms with van der Waals surface area (Å²) in [6.45, 7) is 4.57. The van der Waals surface area contributed by atoms with Crippen LogP contribution in [0.15, 0.2) is 12.1 Å². The largest absolute Gasteiger partial charge is 0.493 e. The van der Waals surface area contributed by atoms with E-state index in [2.05, 4.69) is 0 Å². The minimum Gasteiger partial charge on any atom is -0.493 e. The van der Waals surface area contributed by atoms with Crippen molar-refractivity contribution in [3.63, 3.8) is 0 Å². The first-order valence-electron chi connectivity index (χ1n) is 7.59. The van der Waals surface area contributed by atoms with Crippen LogP contribution in [0.1, 0.15) is 32.3 Å². The van der Waals surface area contributed by atoms with Crippen LogP contribution in [-0.2, 0) is 15.9 Å². The van der Waals surface area contributed by atoms with E-state index in [0.29, 0.717) is 23.9 Å². The summed E-state index contributed by atoms with van der Waals surface area (Å²) < 4.78 is 27.5. The smallest absolute Gasteiger partial charge is 0.203 e. The lowest BCUT2D eigenvalue weighted by Crippen LogP contribution is -2.21. The van der Waals surface area contributed by atoms with E-state index in [1.807, 2.05) is 26.0 Å². The van der Waals surface area contributed by atoms with Gasteiger partial charge in [0.05, 0.1) is 34.0 Å². The van der Waals surface area contributed by atoms with Crippen molar-refractivity contribution < 1.29 is 23.7 Å². The number of hydrogen-bond acceptors (Lipinski definition) is 5. The molecule has 0 aliphatic carbocycles. The van der Waals surface area contributed by atoms with Gasteiger partial charge in [-0.25, -0.2) is 0 Å². The van der Waals surface area contributed by atoms with Crippen molar-refractivity contribution in [1.29, 1.82) is 0 Å². The van der Waals surface area contributed by atoms with E-state index in [1.54, 1.807) is 21.3 Å². The van der Waals surface area contributed by atoms with Crippen molar-refractivity contribution in [2.75, 3.05) is 27.9 Å². The van der Waals surface area contributed by atoms with Crippen molar-refractivity contribution in [2.24, 2.45) is 0 Å². The van der Waals surface area contributed by atoms with Gasteiger partial charge >= 0.3 is 0 Å². The van der Waals surface area contributed by atoms with E-state index in [4.69, 9.17) is 23.7 Å². The molecule has 0 radical (unpaired) electrons. The molecule has 1 aliphatic heterocycles. The average molecular weight is 310 g/mol. The Morgan fingerprint density at radius 3 is 2.18 bits per heavy atom. The molecule has 2 rings (SSSR count). The second-order valence-electron chi connectivity index (χ2n) is 5.88. The van der Waals surface area contributed by atoms with Gasteiger partial charge < -0.3 is 23.7 Å². The quantitative estimate of drug-likeness (QED) is 0.774. The highest BCUT2D eigenvalue weighted by Crippen LogP contribution is 2.38. The highest BCUT2D eigenvalue weighted by atomic mass is 16.7. The molecule has 1 aliphatic rings. The van der Waals surface area contributed by atoms with Crippen LogP contribution in [0.2, 0.25) is 0 Å². The fourth-order valence-corrected chi connectivity index (χ4v) is 2.72. The van der Waals surface area contributed by atoms with E-state index in [-0.39, 0.29) is 6.10 Å². The molecular formula is C17H26O5. The van der Waals surface area contributed by atoms with Gasteiger partial charge in [0, 0.05) is 0 Å². The monoisotopic (exact) mass is 310 g/mol. The molecular weight excluding hydrogens is 284 g/mol. The molecule has 0 spiro atoms. The molecule has 0 aromatic heterocycles. The number of benzene rings is 1. The van der Waals surface area contributed by atoms with Gasteiger partial charge in [-0.3, -0.25) is 0 Å². The van der Waals surface area contributed by atoms with Crippen molar-refractivity contribution in [3.8, 4) is 17.2 Å². The molecule has 1 atom stereocenters. The molecule has 1 aromatic carbocycles. The Balaban J connectivity index is 1.95. The van der Waals surface area contributed by atoms with E-state index in [9.17, 15) is 0 Å². The Morgan fingerprint density at radius 2 is 1.73 bits per heavy atom. The number of rotatable bonds is 7. The van der Waals surface area contributed by atoms with Crippen LogP contribution in [0.5, 0.6) is 17.2 Å². The molecule has 0 saturated carbocycles. The summed E-state index contributed by atoms with van der Waals surface area (Å²) in [4.78, 5) is 0. The predicted molar refractivity (Wildman–Crippen MR) is 83.9 cm³/mol. The fraction of sp³-hybridized carbons (Fsp3) is 0.647. The Hall–Kier alpha value is -1.46. The maximum absolute atomic E-state index is 5.82. The van der Waals surface area contributed by atoms with Gasteiger partial charge in [0.1, 0.15) is 0 Å². The molecule has 0 N–H and O–H groups in total. The van der Waals surface area contributed by atoms with Crippen molar-refractivity contribution in [2.45, 2.75) is 45.0 Å². The van der Waals surface area contributed by atoms with Gasteiger partial charge in [0.15, 0.2) is 17.3 Å². The van der Waals surface area contributed by atoms with Crippen molar-refractivity contribution in [1.82, 2.24) is 0 Å². The number of aryl methyl sites for hydroxylation is 1. The topological polar surface area (TPSA) is 46.2 Å². The summed E-state index contributed by atoms with van der Waals surface area (Å²) in [5, 5.41) is 0. The molecule has 22 heavy (non-hydrogen) atoms. The Labute approximate surface area is 132 Å². The lowest BCUT2D eigenvalue weighted by Gasteiger charge is -2.17. The van der Waals surface area contributed by atoms with E-state index >= 15 is 0 Å². The van der Waals surface area contributed by atoms with Gasteiger partial charge in [0.25, 0.3) is 0 Å². The summed E-state index contributed by atoms with van der Waals surface area (Å²) in [7, 11) is 4.87. The molecule has 1 fully saturated rings. The maximum atomic E-state index is 5.82. The first-order valence-corrected chi connectivity index (χ1v) is 7.59. The van der Waals surface area contributed by atoms with Gasteiger partial charge in [-0.1, -0.05) is 0 Å². The fourth-order valence-electron chi connectivity index (χ4n) is 2.72. The second-order valence-corrected chi connectivity index (χ2v) is 5.88. The molecule has 5 nitrogen and oxygen atoms in total. The SMILES string of the molecule is COc1cc(CCCC2COC(C)(C)O2)cc(OC)c1OC. The summed E-state index contributed by atoms with van der Waals surface area (Å²) in [5.74, 6) is 1.57. The van der Waals surface area contributed by atoms with Gasteiger partial charge in [0.2, 0.25) is 5.75 Å². The van der Waals surface area contributed by atoms with Gasteiger partial charge in [-0.15, -0.1) is 0 Å². The molecule has 1 saturated heterocycles. The first-order chi connectivity index (χ1) is 10.5. The Morgan fingerprint density at radius 1 is 1.09 bits per heavy atom. The number of methoxy groups -OCH3 is 3. The Kier molecular flexibility index (Phi) is 5.53. The lowest BCUT2D eigenvalue weighted by molar-refractivity contribution is -0.139. The van der Waals surface area contributed by atoms with Crippen LogP contribution >= 0.6 is 0 Å². The standard InChI is InChI=1S/C17H26O5/c1-17(2)21-11-13(22-17)8-6-7-12-9-14(18-3)16(20-5)15(10-12)19-4/h9-10,13H,6-8,11H2,1-5H3. The van der Waals surface area contributed by atoms with E-state index in [0.717, 1.165) is 24.8 Å². The third kappa shape index (κ3) is 4.05. The zero-order valence-corrected chi connectivity index (χ0v) is 14.1. The Bertz CT molecular complexity index is 473. The number of ether oxygens (including phenoxy) is 5. The van der Waals surface area contributed by atoms with E-state index < -0.39 is 5.79 Å². The minimum absolute atomic E-state index is 0.178. The molecule has 5 heteroatoms. The summed E-state index contributed by atoms with van der Waals surface area (Å²) >= 11 is 0. The van der Waals surface area contributed by atoms with Crippen LogP contribution in [0.25, 0.3) is 0 Å². The van der Waals surface area contributed by atoms with Crippen LogP contribution in [0.3, 0.4) is 0 Å². The normalized spacial score (nSPS) is 20.0. The number of hydrogen-bond donors (Lipinski definition) is 0. The minimum atomic E-state index is -0.447. The molecule has 1 aromatic rings. The molecule has 1 heterocycles. The third-order valence-corrected chi connectivity index (χ3v) is 3.78. The molecule has 0 amide bonds. The first kappa shape index (κ1) is 16.9. The van der Waals surface area contributed by atoms with Crippen LogP contribution < -0.4 is 14.2 Å². The van der Waals surface area contributed by atoms with Gasteiger partial charge in [-0.2, -0.15) is 0 Å². The summed E-state index contributed by atoms with van der Waals surface area (Å²) in [6.07, 6.45) is 3.09. The third-order valence-electron chi connectivity index (χ3n) is 3.78. The summed E-state index contributed by atoms with van der Waals surface area (Å²) in [5.41, 5.74) is 1.16. The summed E-state index contributed by atoms with van der Waals surface area (Å²) in [6, 6.07) is 3.99. The van der Waals surface area contributed by atoms with Crippen LogP contribution in [0, 0.1) is 0 Å². The molecule has 0 bridgehead atoms. The zero-order chi connectivity index (χ0) is 16.2. The highest BCUT2D eigenvalue weighted by molar-refractivity contribution is 5.53.